The van der Waals surface area contributed by atoms with E-state index in [0.717, 1.165) is 0 Å². The second-order valence-electron chi connectivity index (χ2n) is 2.31. The molecule has 0 aliphatic carbocycles. The predicted molar refractivity (Wildman–Crippen MR) is 42.8 cm³/mol. The van der Waals surface area contributed by atoms with Crippen LogP contribution in [0.1, 0.15) is 13.8 Å². The third-order valence-electron chi connectivity index (χ3n) is 1.07. The van der Waals surface area contributed by atoms with Crippen molar-refractivity contribution in [3.8, 4) is 0 Å². The van der Waals surface area contributed by atoms with Gasteiger partial charge in [-0.05, 0) is 25.5 Å². The molecule has 0 aliphatic heterocycles. The third kappa shape index (κ3) is 3.35. The van der Waals surface area contributed by atoms with Crippen LogP contribution in [0.25, 0.3) is 0 Å². The van der Waals surface area contributed by atoms with Crippen molar-refractivity contribution in [3.63, 3.8) is 0 Å². The van der Waals surface area contributed by atoms with E-state index in [2.05, 4.69) is 6.58 Å². The number of carbonyl (C=O) groups is 2. The fourth-order valence-electron chi connectivity index (χ4n) is 0.608. The van der Waals surface area contributed by atoms with Crippen LogP contribution in [0.15, 0.2) is 23.8 Å². The van der Waals surface area contributed by atoms with Gasteiger partial charge in [0.05, 0.1) is 0 Å². The first-order valence-electron chi connectivity index (χ1n) is 3.13. The van der Waals surface area contributed by atoms with Crippen LogP contribution in [0, 0.1) is 0 Å². The molecule has 0 radical (unpaired) electrons. The minimum Gasteiger partial charge on any atom is -0.366 e. The maximum absolute atomic E-state index is 10.6. The molecule has 0 aromatic carbocycles. The first kappa shape index (κ1) is 9.62. The van der Waals surface area contributed by atoms with E-state index < -0.39 is 5.91 Å². The summed E-state index contributed by atoms with van der Waals surface area (Å²) < 4.78 is 0. The van der Waals surface area contributed by atoms with Crippen molar-refractivity contribution in [1.82, 2.24) is 0 Å². The molecule has 3 nitrogen and oxygen atoms in total. The number of ketones is 1. The van der Waals surface area contributed by atoms with E-state index in [4.69, 9.17) is 5.73 Å². The van der Waals surface area contributed by atoms with E-state index >= 15 is 0 Å². The largest absolute Gasteiger partial charge is 0.366 e. The number of primary amides is 1. The fourth-order valence-corrected chi connectivity index (χ4v) is 0.608. The summed E-state index contributed by atoms with van der Waals surface area (Å²) >= 11 is 0. The lowest BCUT2D eigenvalue weighted by molar-refractivity contribution is -0.116. The maximum Gasteiger partial charge on any atom is 0.249 e. The van der Waals surface area contributed by atoms with E-state index in [-0.39, 0.29) is 11.4 Å². The average molecular weight is 153 g/mol. The summed E-state index contributed by atoms with van der Waals surface area (Å²) in [7, 11) is 0. The first-order valence-corrected chi connectivity index (χ1v) is 3.13. The summed E-state index contributed by atoms with van der Waals surface area (Å²) in [5.74, 6) is -0.825. The number of allylic oxidation sites excluding steroid dienone is 1. The number of nitrogens with two attached hydrogens (primary N) is 1. The van der Waals surface area contributed by atoms with E-state index in [1.807, 2.05) is 0 Å². The van der Waals surface area contributed by atoms with Gasteiger partial charge in [-0.1, -0.05) is 6.58 Å². The Bertz CT molecular complexity index is 222. The highest BCUT2D eigenvalue weighted by atomic mass is 16.1. The standard InChI is InChI=1S/C8H11NO2/c1-5(2)7(8(9)11)4-6(3)10/h4H,1H2,2-3H3,(H2,9,11)/b7-4+. The monoisotopic (exact) mass is 153 g/mol. The highest BCUT2D eigenvalue weighted by Gasteiger charge is 2.05. The topological polar surface area (TPSA) is 60.2 Å². The second-order valence-corrected chi connectivity index (χ2v) is 2.31. The molecule has 0 aromatic rings. The zero-order chi connectivity index (χ0) is 9.02. The fraction of sp³-hybridized carbons (Fsp3) is 0.250. The van der Waals surface area contributed by atoms with Crippen LogP contribution in [0.5, 0.6) is 0 Å². The first-order chi connectivity index (χ1) is 4.95. The molecule has 0 saturated carbocycles. The van der Waals surface area contributed by atoms with Gasteiger partial charge in [-0.15, -0.1) is 0 Å². The van der Waals surface area contributed by atoms with Crippen LogP contribution in [-0.4, -0.2) is 11.7 Å². The van der Waals surface area contributed by atoms with Crippen LogP contribution < -0.4 is 5.73 Å². The number of hydrogen-bond acceptors (Lipinski definition) is 2. The van der Waals surface area contributed by atoms with Crippen molar-refractivity contribution in [3.05, 3.63) is 23.8 Å². The number of rotatable bonds is 3. The van der Waals surface area contributed by atoms with E-state index in [0.29, 0.717) is 5.57 Å². The number of carbonyl (C=O) groups excluding carboxylic acids is 2. The molecule has 0 aliphatic rings. The minimum atomic E-state index is -0.618. The molecule has 0 spiro atoms. The lowest BCUT2D eigenvalue weighted by Crippen LogP contribution is -2.15. The van der Waals surface area contributed by atoms with Gasteiger partial charge in [0.15, 0.2) is 5.78 Å². The van der Waals surface area contributed by atoms with Crippen molar-refractivity contribution in [1.29, 1.82) is 0 Å². The normalized spacial score (nSPS) is 10.9. The van der Waals surface area contributed by atoms with E-state index in [1.54, 1.807) is 6.92 Å². The average Bonchev–Trinajstić information content (AvgIpc) is 1.81. The Morgan fingerprint density at radius 3 is 1.91 bits per heavy atom. The van der Waals surface area contributed by atoms with Gasteiger partial charge in [0.25, 0.3) is 0 Å². The smallest absolute Gasteiger partial charge is 0.249 e. The predicted octanol–water partition coefficient (Wildman–Crippen LogP) is 0.563. The summed E-state index contributed by atoms with van der Waals surface area (Å²) in [5.41, 5.74) is 5.66. The van der Waals surface area contributed by atoms with Gasteiger partial charge in [-0.25, -0.2) is 0 Å². The Labute approximate surface area is 65.6 Å². The molecule has 0 aromatic heterocycles. The molecule has 0 heterocycles. The summed E-state index contributed by atoms with van der Waals surface area (Å²) in [6, 6.07) is 0. The number of amides is 1. The Hall–Kier alpha value is -1.38. The van der Waals surface area contributed by atoms with Gasteiger partial charge in [-0.2, -0.15) is 0 Å². The molecule has 11 heavy (non-hydrogen) atoms. The van der Waals surface area contributed by atoms with Crippen LogP contribution in [0.4, 0.5) is 0 Å². The minimum absolute atomic E-state index is 0.192. The summed E-state index contributed by atoms with van der Waals surface area (Å²) in [6.07, 6.45) is 1.19. The SMILES string of the molecule is C=C(C)/C(=C\C(C)=O)C(N)=O. The third-order valence-corrected chi connectivity index (χ3v) is 1.07. The van der Waals surface area contributed by atoms with Crippen LogP contribution >= 0.6 is 0 Å². The molecule has 0 saturated heterocycles. The molecule has 60 valence electrons. The van der Waals surface area contributed by atoms with Crippen molar-refractivity contribution >= 4 is 11.7 Å². The van der Waals surface area contributed by atoms with E-state index in [1.165, 1.54) is 13.0 Å². The van der Waals surface area contributed by atoms with Gasteiger partial charge in [0.2, 0.25) is 5.91 Å². The molecule has 0 bridgehead atoms. The van der Waals surface area contributed by atoms with Crippen LogP contribution in [-0.2, 0) is 9.59 Å². The van der Waals surface area contributed by atoms with Gasteiger partial charge >= 0.3 is 0 Å². The Morgan fingerprint density at radius 1 is 1.36 bits per heavy atom. The zero-order valence-corrected chi connectivity index (χ0v) is 6.68. The van der Waals surface area contributed by atoms with Crippen molar-refractivity contribution < 1.29 is 9.59 Å². The number of hydrogen-bond donors (Lipinski definition) is 1. The molecule has 0 fully saturated rings. The maximum atomic E-state index is 10.6. The second kappa shape index (κ2) is 3.71. The van der Waals surface area contributed by atoms with Crippen molar-refractivity contribution in [2.75, 3.05) is 0 Å². The lowest BCUT2D eigenvalue weighted by Gasteiger charge is -1.98. The van der Waals surface area contributed by atoms with Gasteiger partial charge in [0, 0.05) is 5.57 Å². The van der Waals surface area contributed by atoms with Gasteiger partial charge in [-0.3, -0.25) is 9.59 Å². The van der Waals surface area contributed by atoms with Gasteiger partial charge < -0.3 is 5.73 Å². The van der Waals surface area contributed by atoms with Crippen LogP contribution in [0.2, 0.25) is 0 Å². The molecular weight excluding hydrogens is 142 g/mol. The molecular formula is C8H11NO2. The summed E-state index contributed by atoms with van der Waals surface area (Å²) in [6.45, 7) is 6.49. The van der Waals surface area contributed by atoms with Crippen molar-refractivity contribution in [2.24, 2.45) is 5.73 Å². The molecule has 0 atom stereocenters. The van der Waals surface area contributed by atoms with Gasteiger partial charge in [0.1, 0.15) is 0 Å². The Kier molecular flexibility index (Phi) is 3.24. The summed E-state index contributed by atoms with van der Waals surface area (Å²) in [5, 5.41) is 0. The quantitative estimate of drug-likeness (QED) is 0.475. The van der Waals surface area contributed by atoms with E-state index in [9.17, 15) is 9.59 Å². The molecule has 2 N–H and O–H groups in total. The highest BCUT2D eigenvalue weighted by molar-refractivity contribution is 6.03. The Balaban J connectivity index is 4.75. The summed E-state index contributed by atoms with van der Waals surface area (Å²) in [4.78, 5) is 21.2. The molecule has 3 heteroatoms. The molecule has 0 unspecified atom stereocenters. The lowest BCUT2D eigenvalue weighted by atomic mass is 10.1. The van der Waals surface area contributed by atoms with Crippen LogP contribution in [0.3, 0.4) is 0 Å². The molecule has 1 amide bonds. The Morgan fingerprint density at radius 2 is 1.82 bits per heavy atom. The van der Waals surface area contributed by atoms with Crippen molar-refractivity contribution in [2.45, 2.75) is 13.8 Å². The zero-order valence-electron chi connectivity index (χ0n) is 6.68. The molecule has 0 rings (SSSR count). The highest BCUT2D eigenvalue weighted by Crippen LogP contribution is 2.04.